The molecule has 1 aromatic rings. The Kier molecular flexibility index (Phi) is 34.1. The number of allylic oxidation sites excluding steroid dienone is 10. The van der Waals surface area contributed by atoms with Crippen molar-refractivity contribution in [2.45, 2.75) is 198 Å². The molecule has 2 unspecified atom stereocenters. The van der Waals surface area contributed by atoms with Gasteiger partial charge in [0.2, 0.25) is 0 Å². The number of ether oxygens (including phenoxy) is 3. The summed E-state index contributed by atoms with van der Waals surface area (Å²) in [5.74, 6) is -1.40. The third kappa shape index (κ3) is 30.9. The molecule has 19 nitrogen and oxygen atoms in total. The van der Waals surface area contributed by atoms with Gasteiger partial charge in [-0.3, -0.25) is 23.2 Å². The monoisotopic (exact) mass is 1040 g/mol. The van der Waals surface area contributed by atoms with Crippen molar-refractivity contribution in [1.82, 2.24) is 9.55 Å². The average Bonchev–Trinajstić information content (AvgIpc) is 3.61. The van der Waals surface area contributed by atoms with Crippen molar-refractivity contribution < 1.29 is 71.4 Å². The normalized spacial score (nSPS) is 20.1. The lowest BCUT2D eigenvalue weighted by Gasteiger charge is -2.21. The van der Waals surface area contributed by atoms with E-state index in [4.69, 9.17) is 29.0 Å². The zero-order chi connectivity index (χ0) is 52.2. The first-order valence-corrected chi connectivity index (χ1v) is 28.4. The number of phosphoric acid groups is 2. The summed E-state index contributed by atoms with van der Waals surface area (Å²) in [6.45, 7) is 1.80. The predicted octanol–water partition coefficient (Wildman–Crippen LogP) is 9.30. The van der Waals surface area contributed by atoms with Gasteiger partial charge in [-0.05, 0) is 89.5 Å². The third-order valence-corrected chi connectivity index (χ3v) is 13.8. The lowest BCUT2D eigenvalue weighted by molar-refractivity contribution is -0.161. The van der Waals surface area contributed by atoms with Crippen LogP contribution in [-0.4, -0.2) is 96.9 Å². The highest BCUT2D eigenvalue weighted by molar-refractivity contribution is 7.61. The Hall–Kier alpha value is -3.58. The second-order valence-electron chi connectivity index (χ2n) is 17.5. The molecule has 0 spiro atoms. The van der Waals surface area contributed by atoms with Gasteiger partial charge in [0.05, 0.1) is 19.3 Å². The molecule has 7 N–H and O–H groups in total. The average molecular weight is 1040 g/mol. The van der Waals surface area contributed by atoms with Gasteiger partial charge in [-0.15, -0.1) is 0 Å². The van der Waals surface area contributed by atoms with Crippen molar-refractivity contribution >= 4 is 33.4 Å². The molecule has 21 heteroatoms. The number of carbonyl (C=O) groups excluding carboxylic acids is 2. The molecule has 0 radical (unpaired) electrons. The van der Waals surface area contributed by atoms with E-state index < -0.39 is 83.7 Å². The summed E-state index contributed by atoms with van der Waals surface area (Å²) in [6.07, 6.45) is 33.9. The fourth-order valence-corrected chi connectivity index (χ4v) is 9.21. The van der Waals surface area contributed by atoms with Gasteiger partial charge in [0.1, 0.15) is 30.7 Å². The third-order valence-electron chi connectivity index (χ3n) is 11.2. The maximum Gasteiger partial charge on any atom is 0.481 e. The smallest absolute Gasteiger partial charge is 0.462 e. The molecular weight excluding hydrogens is 961 g/mol. The number of aliphatic hydroxyl groups is 3. The van der Waals surface area contributed by atoms with Gasteiger partial charge >= 0.3 is 33.3 Å². The number of anilines is 1. The molecule has 2 heterocycles. The Bertz CT molecular complexity index is 1940. The van der Waals surface area contributed by atoms with Crippen molar-refractivity contribution in [1.29, 1.82) is 0 Å². The number of carbonyl (C=O) groups is 2. The Morgan fingerprint density at radius 3 is 1.89 bits per heavy atom. The maximum atomic E-state index is 12.8. The van der Waals surface area contributed by atoms with Gasteiger partial charge < -0.3 is 45.1 Å². The van der Waals surface area contributed by atoms with Crippen LogP contribution in [0.4, 0.5) is 5.82 Å². The summed E-state index contributed by atoms with van der Waals surface area (Å²) in [6, 6.07) is 1.24. The minimum Gasteiger partial charge on any atom is -0.462 e. The summed E-state index contributed by atoms with van der Waals surface area (Å²) >= 11 is 0. The number of nitrogens with zero attached hydrogens (tertiary/aromatic N) is 2. The van der Waals surface area contributed by atoms with Crippen molar-refractivity contribution in [2.24, 2.45) is 0 Å². The fourth-order valence-electron chi connectivity index (χ4n) is 7.10. The molecule has 0 bridgehead atoms. The van der Waals surface area contributed by atoms with E-state index in [9.17, 15) is 48.6 Å². The quantitative estimate of drug-likeness (QED) is 0.0154. The molecule has 0 amide bonds. The summed E-state index contributed by atoms with van der Waals surface area (Å²) in [7, 11) is -10.9. The highest BCUT2D eigenvalue weighted by Crippen LogP contribution is 2.60. The van der Waals surface area contributed by atoms with Crippen molar-refractivity contribution in [3.05, 3.63) is 83.5 Å². The van der Waals surface area contributed by atoms with Crippen LogP contribution in [-0.2, 0) is 46.3 Å². The van der Waals surface area contributed by atoms with Crippen LogP contribution in [0, 0.1) is 0 Å². The number of aromatic nitrogens is 2. The van der Waals surface area contributed by atoms with Crippen LogP contribution in [0.5, 0.6) is 0 Å². The van der Waals surface area contributed by atoms with E-state index in [1.54, 1.807) is 0 Å². The highest BCUT2D eigenvalue weighted by Gasteiger charge is 2.46. The van der Waals surface area contributed by atoms with Crippen molar-refractivity contribution in [2.75, 3.05) is 25.6 Å². The van der Waals surface area contributed by atoms with Gasteiger partial charge in [-0.2, -0.15) is 9.29 Å². The van der Waals surface area contributed by atoms with Gasteiger partial charge in [0.25, 0.3) is 0 Å². The molecular formula is C50H83N3O16P2. The van der Waals surface area contributed by atoms with Crippen LogP contribution in [0.1, 0.15) is 168 Å². The van der Waals surface area contributed by atoms with Crippen LogP contribution >= 0.6 is 15.6 Å². The van der Waals surface area contributed by atoms with E-state index in [2.05, 4.69) is 58.8 Å². The zero-order valence-corrected chi connectivity index (χ0v) is 43.7. The summed E-state index contributed by atoms with van der Waals surface area (Å²) in [5, 5.41) is 30.5. The number of hydrogen-bond acceptors (Lipinski definition) is 16. The summed E-state index contributed by atoms with van der Waals surface area (Å²) in [4.78, 5) is 61.9. The standard InChI is InChI=1S/C50H83N3O16P2/c1-3-5-6-7-8-9-10-11-12-16-19-22-25-28-31-34-45(55)64-38-42(67-46(56)35-32-29-26-23-20-17-14-13-15-18-21-24-27-30-33-41(54)4-2)39-65-70(60,61)69-71(62,63)66-40-43-47(57)48(58)49(68-43)53-37-36-44(51)52-50(53)59/h11-12,14-15,17-18,23-24,26-27,36-37,41-43,47-49,54,57-58H,3-10,13,16,19-22,25,28-35,38-40H2,1-2H3,(H,60,61)(H,62,63)(H2,51,52,59)/b12-11-,17-14-,18-15-,26-23-,27-24-/t41-,42-,43-,47-,48-,49-/m1/s1. The first-order valence-electron chi connectivity index (χ1n) is 25.4. The highest BCUT2D eigenvalue weighted by atomic mass is 31.3. The Labute approximate surface area is 420 Å². The number of nitrogens with two attached hydrogens (primary N) is 1. The molecule has 0 aliphatic carbocycles. The molecule has 71 heavy (non-hydrogen) atoms. The number of rotatable bonds is 41. The van der Waals surface area contributed by atoms with Crippen LogP contribution in [0.15, 0.2) is 77.8 Å². The van der Waals surface area contributed by atoms with Gasteiger partial charge in [0, 0.05) is 19.0 Å². The number of nitrogen functional groups attached to an aromatic ring is 1. The number of aliphatic hydroxyl groups excluding tert-OH is 3. The van der Waals surface area contributed by atoms with Crippen molar-refractivity contribution in [3.8, 4) is 0 Å². The van der Waals surface area contributed by atoms with E-state index in [0.717, 1.165) is 81.4 Å². The second kappa shape index (κ2) is 38.1. The zero-order valence-electron chi connectivity index (χ0n) is 41.9. The van der Waals surface area contributed by atoms with Crippen LogP contribution < -0.4 is 11.4 Å². The minimum absolute atomic E-state index is 0.0426. The SMILES string of the molecule is CCCCCCCC/C=C\CCCCCCCC(=O)OC[C@H](COP(=O)(O)OP(=O)(O)OC[C@H]1O[C@@H](n2ccc(N)nc2=O)[C@H](O)[C@@H]1O)OC(=O)CCC/C=C\C/C=C\C/C=C\C/C=C\CC[C@H](O)CC. The number of unbranched alkanes of at least 4 members (excludes halogenated alkanes) is 12. The van der Waals surface area contributed by atoms with E-state index in [0.29, 0.717) is 25.7 Å². The summed E-state index contributed by atoms with van der Waals surface area (Å²) < 4.78 is 56.7. The molecule has 404 valence electrons. The number of hydrogen-bond donors (Lipinski definition) is 6. The lowest BCUT2D eigenvalue weighted by atomic mass is 10.1. The topological polar surface area (TPSA) is 286 Å². The van der Waals surface area contributed by atoms with E-state index in [1.807, 2.05) is 25.2 Å². The Balaban J connectivity index is 1.84. The van der Waals surface area contributed by atoms with E-state index in [-0.39, 0.29) is 24.8 Å². The van der Waals surface area contributed by atoms with E-state index in [1.165, 1.54) is 44.6 Å². The molecule has 1 aromatic heterocycles. The van der Waals surface area contributed by atoms with E-state index >= 15 is 0 Å². The molecule has 1 aliphatic rings. The van der Waals surface area contributed by atoms with Crippen LogP contribution in [0.2, 0.25) is 0 Å². The number of esters is 2. The minimum atomic E-state index is -5.44. The fraction of sp³-hybridized carbons (Fsp3) is 0.680. The van der Waals surface area contributed by atoms with Crippen molar-refractivity contribution in [3.63, 3.8) is 0 Å². The first kappa shape index (κ1) is 63.5. The van der Waals surface area contributed by atoms with Gasteiger partial charge in [0.15, 0.2) is 12.3 Å². The molecule has 8 atom stereocenters. The molecule has 1 fully saturated rings. The lowest BCUT2D eigenvalue weighted by Crippen LogP contribution is -2.36. The molecule has 1 saturated heterocycles. The summed E-state index contributed by atoms with van der Waals surface area (Å²) in [5.41, 5.74) is 4.58. The van der Waals surface area contributed by atoms with Gasteiger partial charge in [-0.25, -0.2) is 13.9 Å². The predicted molar refractivity (Wildman–Crippen MR) is 272 cm³/mol. The van der Waals surface area contributed by atoms with Gasteiger partial charge in [-0.1, -0.05) is 126 Å². The second-order valence-corrected chi connectivity index (χ2v) is 20.5. The largest absolute Gasteiger partial charge is 0.481 e. The Morgan fingerprint density at radius 1 is 0.732 bits per heavy atom. The van der Waals surface area contributed by atoms with Crippen LogP contribution in [0.25, 0.3) is 0 Å². The maximum absolute atomic E-state index is 12.8. The van der Waals surface area contributed by atoms with Crippen LogP contribution in [0.3, 0.4) is 0 Å². The molecule has 2 rings (SSSR count). The molecule has 0 saturated carbocycles. The first-order chi connectivity index (χ1) is 34.1. The molecule has 1 aliphatic heterocycles. The number of phosphoric ester groups is 2. The molecule has 0 aromatic carbocycles. The Morgan fingerprint density at radius 2 is 1.27 bits per heavy atom.